The van der Waals surface area contributed by atoms with Crippen molar-refractivity contribution in [1.82, 2.24) is 4.31 Å². The van der Waals surface area contributed by atoms with Gasteiger partial charge in [-0.25, -0.2) is 4.21 Å². The lowest BCUT2D eigenvalue weighted by molar-refractivity contribution is 0.605. The SMILES string of the molecule is CC(C)(C)[S@@](=O)N1[C@H](Cl)[C@@H]1c1ccccc1. The van der Waals surface area contributed by atoms with E-state index in [9.17, 15) is 4.21 Å². The Labute approximate surface area is 104 Å². The molecule has 0 aliphatic carbocycles. The fraction of sp³-hybridized carbons (Fsp3) is 0.500. The topological polar surface area (TPSA) is 20.1 Å². The second-order valence-electron chi connectivity index (χ2n) is 4.95. The minimum absolute atomic E-state index is 0.0999. The summed E-state index contributed by atoms with van der Waals surface area (Å²) in [5.74, 6) is 0. The summed E-state index contributed by atoms with van der Waals surface area (Å²) in [5, 5.41) is 0. The van der Waals surface area contributed by atoms with Gasteiger partial charge >= 0.3 is 0 Å². The van der Waals surface area contributed by atoms with Crippen LogP contribution in [0.2, 0.25) is 0 Å². The van der Waals surface area contributed by atoms with Crippen LogP contribution >= 0.6 is 11.6 Å². The number of nitrogens with zero attached hydrogens (tertiary/aromatic N) is 1. The van der Waals surface area contributed by atoms with Crippen molar-refractivity contribution in [3.63, 3.8) is 0 Å². The van der Waals surface area contributed by atoms with Crippen LogP contribution in [0.3, 0.4) is 0 Å². The molecule has 4 atom stereocenters. The highest BCUT2D eigenvalue weighted by atomic mass is 35.5. The van der Waals surface area contributed by atoms with Gasteiger partial charge in [0.15, 0.2) is 0 Å². The first-order chi connectivity index (χ1) is 7.43. The van der Waals surface area contributed by atoms with Gasteiger partial charge in [-0.05, 0) is 26.3 Å². The molecule has 16 heavy (non-hydrogen) atoms. The second-order valence-corrected chi connectivity index (χ2v) is 7.54. The van der Waals surface area contributed by atoms with Crippen molar-refractivity contribution in [3.8, 4) is 0 Å². The third-order valence-corrected chi connectivity index (χ3v) is 4.99. The molecule has 0 radical (unpaired) electrons. The number of alkyl halides is 1. The Kier molecular flexibility index (Phi) is 3.12. The molecule has 2 rings (SSSR count). The van der Waals surface area contributed by atoms with E-state index in [-0.39, 0.29) is 16.3 Å². The van der Waals surface area contributed by atoms with Crippen molar-refractivity contribution in [1.29, 1.82) is 0 Å². The Hall–Kier alpha value is -0.380. The van der Waals surface area contributed by atoms with Crippen molar-refractivity contribution >= 4 is 22.6 Å². The summed E-state index contributed by atoms with van der Waals surface area (Å²) in [7, 11) is -1.04. The van der Waals surface area contributed by atoms with E-state index in [4.69, 9.17) is 11.6 Å². The van der Waals surface area contributed by atoms with Crippen LogP contribution in [0.25, 0.3) is 0 Å². The normalized spacial score (nSPS) is 31.1. The summed E-state index contributed by atoms with van der Waals surface area (Å²) >= 11 is 6.19. The van der Waals surface area contributed by atoms with Gasteiger partial charge in [0, 0.05) is 0 Å². The van der Waals surface area contributed by atoms with Crippen LogP contribution in [0.4, 0.5) is 0 Å². The van der Waals surface area contributed by atoms with Crippen LogP contribution in [0.15, 0.2) is 30.3 Å². The zero-order valence-electron chi connectivity index (χ0n) is 9.68. The van der Waals surface area contributed by atoms with Gasteiger partial charge in [-0.15, -0.1) is 11.6 Å². The predicted molar refractivity (Wildman–Crippen MR) is 68.6 cm³/mol. The third kappa shape index (κ3) is 2.17. The Morgan fingerprint density at radius 3 is 2.31 bits per heavy atom. The van der Waals surface area contributed by atoms with E-state index in [0.717, 1.165) is 5.56 Å². The summed E-state index contributed by atoms with van der Waals surface area (Å²) in [5.41, 5.74) is 1.00. The fourth-order valence-corrected chi connectivity index (χ4v) is 3.58. The van der Waals surface area contributed by atoms with Crippen LogP contribution in [0.1, 0.15) is 32.4 Å². The van der Waals surface area contributed by atoms with E-state index < -0.39 is 11.0 Å². The molecule has 0 spiro atoms. The number of rotatable bonds is 2. The van der Waals surface area contributed by atoms with Gasteiger partial charge in [0.2, 0.25) is 0 Å². The highest BCUT2D eigenvalue weighted by Crippen LogP contribution is 2.48. The molecule has 0 saturated carbocycles. The zero-order valence-corrected chi connectivity index (χ0v) is 11.3. The average molecular weight is 258 g/mol. The molecule has 1 heterocycles. The standard InChI is InChI=1S/C12H16ClNOS/c1-12(2,3)16(15)14-10(11(14)13)9-7-5-4-6-8-9/h4-8,10-11H,1-3H3/t10-,11-,14?,16+/m0/s1. The summed E-state index contributed by atoms with van der Waals surface area (Å²) in [6.45, 7) is 5.90. The molecule has 0 amide bonds. The Bertz CT molecular complexity index is 401. The lowest BCUT2D eigenvalue weighted by atomic mass is 10.2. The fourth-order valence-electron chi connectivity index (χ4n) is 1.65. The van der Waals surface area contributed by atoms with Gasteiger partial charge in [0.25, 0.3) is 0 Å². The summed E-state index contributed by atoms with van der Waals surface area (Å²) < 4.78 is 13.8. The molecule has 88 valence electrons. The molecule has 1 fully saturated rings. The number of halogens is 1. The third-order valence-electron chi connectivity index (χ3n) is 2.54. The van der Waals surface area contributed by atoms with Gasteiger partial charge in [-0.1, -0.05) is 30.3 Å². The molecule has 2 nitrogen and oxygen atoms in total. The second kappa shape index (κ2) is 4.13. The molecule has 1 aromatic carbocycles. The minimum atomic E-state index is -1.04. The van der Waals surface area contributed by atoms with E-state index in [0.29, 0.717) is 0 Å². The molecule has 1 aliphatic rings. The van der Waals surface area contributed by atoms with Crippen LogP contribution < -0.4 is 0 Å². The molecule has 0 N–H and O–H groups in total. The largest absolute Gasteiger partial charge is 0.242 e. The maximum atomic E-state index is 12.2. The molecular weight excluding hydrogens is 242 g/mol. The first kappa shape index (κ1) is 12.1. The van der Waals surface area contributed by atoms with Gasteiger partial charge in [0.1, 0.15) is 16.5 Å². The Balaban J connectivity index is 2.16. The van der Waals surface area contributed by atoms with E-state index in [2.05, 4.69) is 0 Å². The highest BCUT2D eigenvalue weighted by Gasteiger charge is 2.53. The quantitative estimate of drug-likeness (QED) is 0.453. The lowest BCUT2D eigenvalue weighted by Crippen LogP contribution is -2.27. The van der Waals surface area contributed by atoms with E-state index in [1.165, 1.54) is 0 Å². The Morgan fingerprint density at radius 2 is 1.81 bits per heavy atom. The van der Waals surface area contributed by atoms with Crippen LogP contribution in [-0.4, -0.2) is 18.8 Å². The molecular formula is C12H16ClNOS. The molecule has 0 aromatic heterocycles. The predicted octanol–water partition coefficient (Wildman–Crippen LogP) is 3.07. The lowest BCUT2D eigenvalue weighted by Gasteiger charge is -2.18. The Morgan fingerprint density at radius 1 is 1.25 bits per heavy atom. The van der Waals surface area contributed by atoms with E-state index in [1.807, 2.05) is 55.4 Å². The van der Waals surface area contributed by atoms with Gasteiger partial charge in [0.05, 0.1) is 10.8 Å². The summed E-state index contributed by atoms with van der Waals surface area (Å²) in [4.78, 5) is 0. The van der Waals surface area contributed by atoms with Crippen LogP contribution in [0.5, 0.6) is 0 Å². The van der Waals surface area contributed by atoms with Gasteiger partial charge in [-0.2, -0.15) is 4.31 Å². The molecule has 1 saturated heterocycles. The molecule has 1 aliphatic heterocycles. The molecule has 0 bridgehead atoms. The van der Waals surface area contributed by atoms with Gasteiger partial charge in [-0.3, -0.25) is 0 Å². The number of hydrogen-bond donors (Lipinski definition) is 0. The highest BCUT2D eigenvalue weighted by molar-refractivity contribution is 7.84. The van der Waals surface area contributed by atoms with Crippen molar-refractivity contribution in [3.05, 3.63) is 35.9 Å². The first-order valence-corrected chi connectivity index (χ1v) is 6.86. The van der Waals surface area contributed by atoms with Crippen molar-refractivity contribution < 1.29 is 4.21 Å². The number of benzene rings is 1. The van der Waals surface area contributed by atoms with E-state index in [1.54, 1.807) is 0 Å². The molecule has 4 heteroatoms. The number of hydrogen-bond acceptors (Lipinski definition) is 1. The molecule has 1 aromatic rings. The average Bonchev–Trinajstić information content (AvgIpc) is 2.88. The molecule has 1 unspecified atom stereocenters. The smallest absolute Gasteiger partial charge is 0.118 e. The van der Waals surface area contributed by atoms with Crippen LogP contribution in [-0.2, 0) is 11.0 Å². The van der Waals surface area contributed by atoms with Crippen molar-refractivity contribution in [2.45, 2.75) is 37.1 Å². The summed E-state index contributed by atoms with van der Waals surface area (Å²) in [6.07, 6.45) is 0. The van der Waals surface area contributed by atoms with Gasteiger partial charge < -0.3 is 0 Å². The zero-order chi connectivity index (χ0) is 11.9. The van der Waals surface area contributed by atoms with E-state index >= 15 is 0 Å². The van der Waals surface area contributed by atoms with Crippen molar-refractivity contribution in [2.75, 3.05) is 0 Å². The summed E-state index contributed by atoms with van der Waals surface area (Å²) in [6, 6.07) is 10.1. The maximum absolute atomic E-state index is 12.2. The minimum Gasteiger partial charge on any atom is -0.242 e. The first-order valence-electron chi connectivity index (χ1n) is 5.32. The van der Waals surface area contributed by atoms with Crippen molar-refractivity contribution in [2.24, 2.45) is 0 Å². The van der Waals surface area contributed by atoms with Crippen LogP contribution in [0, 0.1) is 0 Å². The monoisotopic (exact) mass is 257 g/mol. The maximum Gasteiger partial charge on any atom is 0.118 e.